The predicted molar refractivity (Wildman–Crippen MR) is 62.7 cm³/mol. The van der Waals surface area contributed by atoms with Crippen LogP contribution in [0.2, 0.25) is 0 Å². The second-order valence-corrected chi connectivity index (χ2v) is 5.78. The van der Waals surface area contributed by atoms with Crippen molar-refractivity contribution < 1.29 is 25.9 Å². The second kappa shape index (κ2) is 12.1. The van der Waals surface area contributed by atoms with Gasteiger partial charge >= 0.3 is 37.7 Å². The van der Waals surface area contributed by atoms with E-state index >= 15 is 0 Å². The third-order valence-electron chi connectivity index (χ3n) is 1.20. The molecule has 0 radical (unpaired) electrons. The van der Waals surface area contributed by atoms with Crippen molar-refractivity contribution in [1.82, 2.24) is 10.6 Å². The third-order valence-corrected chi connectivity index (χ3v) is 2.61. The standard InChI is InChI=1S/2C3H9NO3S.Ca/c2*1-4-2-3-8(5,6)7;/h2*4H,2-3H2,1H3,(H,5,6,7);/q;;+2/p-2. The zero-order chi connectivity index (χ0) is 13.2. The molecule has 0 aliphatic carbocycles. The third kappa shape index (κ3) is 31.6. The van der Waals surface area contributed by atoms with Crippen molar-refractivity contribution in [1.29, 1.82) is 0 Å². The molecule has 0 atom stereocenters. The first kappa shape index (κ1) is 23.1. The Kier molecular flexibility index (Phi) is 16.4. The maximum absolute atomic E-state index is 9.79. The fourth-order valence-electron chi connectivity index (χ4n) is 0.454. The van der Waals surface area contributed by atoms with Crippen molar-refractivity contribution in [3.63, 3.8) is 0 Å². The van der Waals surface area contributed by atoms with Gasteiger partial charge in [0.15, 0.2) is 0 Å². The molecule has 0 aliphatic heterocycles. The number of rotatable bonds is 6. The Morgan fingerprint density at radius 2 is 1.06 bits per heavy atom. The summed E-state index contributed by atoms with van der Waals surface area (Å²) in [5.41, 5.74) is 0. The van der Waals surface area contributed by atoms with E-state index in [2.05, 4.69) is 10.6 Å². The molecular formula is C6H16CaN2O6S2. The monoisotopic (exact) mass is 316 g/mol. The van der Waals surface area contributed by atoms with Crippen LogP contribution in [0.15, 0.2) is 0 Å². The molecule has 17 heavy (non-hydrogen) atoms. The van der Waals surface area contributed by atoms with Crippen LogP contribution in [0, 0.1) is 0 Å². The van der Waals surface area contributed by atoms with Crippen molar-refractivity contribution >= 4 is 58.0 Å². The minimum atomic E-state index is -4.00. The largest absolute Gasteiger partial charge is 2.00 e. The summed E-state index contributed by atoms with van der Waals surface area (Å²) >= 11 is 0. The molecule has 100 valence electrons. The molecule has 0 aromatic carbocycles. The van der Waals surface area contributed by atoms with Gasteiger partial charge in [0.25, 0.3) is 0 Å². The summed E-state index contributed by atoms with van der Waals surface area (Å²) in [5, 5.41) is 5.09. The summed E-state index contributed by atoms with van der Waals surface area (Å²) in [4.78, 5) is 0. The molecule has 0 heterocycles. The average Bonchev–Trinajstić information content (AvgIpc) is 2.10. The number of hydrogen-bond acceptors (Lipinski definition) is 8. The first-order valence-corrected chi connectivity index (χ1v) is 7.44. The van der Waals surface area contributed by atoms with Crippen LogP contribution in [0.1, 0.15) is 0 Å². The fourth-order valence-corrected chi connectivity index (χ4v) is 1.36. The van der Waals surface area contributed by atoms with Gasteiger partial charge in [0, 0.05) is 13.1 Å². The zero-order valence-electron chi connectivity index (χ0n) is 9.80. The second-order valence-electron chi connectivity index (χ2n) is 2.73. The van der Waals surface area contributed by atoms with Crippen LogP contribution in [-0.4, -0.2) is 102 Å². The average molecular weight is 316 g/mol. The Hall–Kier alpha value is 1.000. The van der Waals surface area contributed by atoms with Crippen molar-refractivity contribution in [2.45, 2.75) is 0 Å². The first-order valence-electron chi connectivity index (χ1n) is 4.28. The van der Waals surface area contributed by atoms with Gasteiger partial charge < -0.3 is 19.7 Å². The van der Waals surface area contributed by atoms with Gasteiger partial charge in [-0.3, -0.25) is 0 Å². The SMILES string of the molecule is CNCCS(=O)(=O)[O-].CNCCS(=O)(=O)[O-].[Ca+2]. The molecule has 0 unspecified atom stereocenters. The van der Waals surface area contributed by atoms with Gasteiger partial charge in [-0.2, -0.15) is 0 Å². The molecule has 0 aromatic rings. The normalized spacial score (nSPS) is 11.1. The molecule has 0 aromatic heterocycles. The molecule has 8 nitrogen and oxygen atoms in total. The van der Waals surface area contributed by atoms with Crippen LogP contribution in [-0.2, 0) is 20.2 Å². The summed E-state index contributed by atoms with van der Waals surface area (Å²) in [7, 11) is -4.82. The van der Waals surface area contributed by atoms with Crippen LogP contribution in [0.4, 0.5) is 0 Å². The summed E-state index contributed by atoms with van der Waals surface area (Å²) < 4.78 is 58.8. The van der Waals surface area contributed by atoms with Crippen LogP contribution in [0.3, 0.4) is 0 Å². The van der Waals surface area contributed by atoms with E-state index in [9.17, 15) is 25.9 Å². The molecule has 0 rings (SSSR count). The van der Waals surface area contributed by atoms with Gasteiger partial charge in [-0.05, 0) is 14.1 Å². The molecule has 2 N–H and O–H groups in total. The van der Waals surface area contributed by atoms with Crippen molar-refractivity contribution in [3.8, 4) is 0 Å². The van der Waals surface area contributed by atoms with Crippen LogP contribution >= 0.6 is 0 Å². The Morgan fingerprint density at radius 1 is 0.824 bits per heavy atom. The van der Waals surface area contributed by atoms with Gasteiger partial charge in [0.2, 0.25) is 0 Å². The van der Waals surface area contributed by atoms with E-state index in [1.54, 1.807) is 14.1 Å². The first-order chi connectivity index (χ1) is 7.12. The Bertz CT molecular complexity index is 319. The van der Waals surface area contributed by atoms with E-state index in [4.69, 9.17) is 0 Å². The van der Waals surface area contributed by atoms with E-state index in [1.165, 1.54) is 0 Å². The van der Waals surface area contributed by atoms with Gasteiger partial charge in [0.1, 0.15) is 0 Å². The summed E-state index contributed by atoms with van der Waals surface area (Å²) in [6, 6.07) is 0. The van der Waals surface area contributed by atoms with Gasteiger partial charge in [-0.1, -0.05) is 0 Å². The molecule has 0 fully saturated rings. The van der Waals surface area contributed by atoms with Gasteiger partial charge in [-0.25, -0.2) is 16.8 Å². The minimum absolute atomic E-state index is 0. The van der Waals surface area contributed by atoms with Crippen molar-refractivity contribution in [2.24, 2.45) is 0 Å². The Morgan fingerprint density at radius 3 is 1.12 bits per heavy atom. The Balaban J connectivity index is -0.000000218. The van der Waals surface area contributed by atoms with Crippen molar-refractivity contribution in [3.05, 3.63) is 0 Å². The van der Waals surface area contributed by atoms with Crippen LogP contribution < -0.4 is 10.6 Å². The fraction of sp³-hybridized carbons (Fsp3) is 1.00. The zero-order valence-corrected chi connectivity index (χ0v) is 13.6. The van der Waals surface area contributed by atoms with Gasteiger partial charge in [0.05, 0.1) is 31.7 Å². The molecule has 0 aliphatic rings. The summed E-state index contributed by atoms with van der Waals surface area (Å²) in [5.74, 6) is -0.660. The topological polar surface area (TPSA) is 138 Å². The Labute approximate surface area is 132 Å². The van der Waals surface area contributed by atoms with E-state index < -0.39 is 20.2 Å². The summed E-state index contributed by atoms with van der Waals surface area (Å²) in [6.07, 6.45) is 0. The summed E-state index contributed by atoms with van der Waals surface area (Å²) in [6.45, 7) is 0.456. The maximum atomic E-state index is 9.79. The van der Waals surface area contributed by atoms with E-state index in [0.717, 1.165) is 0 Å². The van der Waals surface area contributed by atoms with E-state index in [-0.39, 0.29) is 62.3 Å². The minimum Gasteiger partial charge on any atom is -0.748 e. The number of hydrogen-bond donors (Lipinski definition) is 2. The van der Waals surface area contributed by atoms with Crippen molar-refractivity contribution in [2.75, 3.05) is 38.7 Å². The molecule has 0 saturated carbocycles. The van der Waals surface area contributed by atoms with Crippen LogP contribution in [0.25, 0.3) is 0 Å². The van der Waals surface area contributed by atoms with E-state index in [0.29, 0.717) is 0 Å². The maximum Gasteiger partial charge on any atom is 2.00 e. The molecule has 11 heteroatoms. The quantitative estimate of drug-likeness (QED) is 0.393. The van der Waals surface area contributed by atoms with Gasteiger partial charge in [-0.15, -0.1) is 0 Å². The smallest absolute Gasteiger partial charge is 0.748 e. The molecule has 0 spiro atoms. The predicted octanol–water partition coefficient (Wildman–Crippen LogP) is -2.88. The molecular weight excluding hydrogens is 300 g/mol. The van der Waals surface area contributed by atoms with Crippen LogP contribution in [0.5, 0.6) is 0 Å². The molecule has 0 bridgehead atoms. The van der Waals surface area contributed by atoms with E-state index in [1.807, 2.05) is 0 Å². The number of nitrogens with one attached hydrogen (secondary N) is 2. The molecule has 0 amide bonds. The molecule has 0 saturated heterocycles.